The molecule has 2 saturated carbocycles. The lowest BCUT2D eigenvalue weighted by Crippen LogP contribution is -2.50. The van der Waals surface area contributed by atoms with Crippen molar-refractivity contribution in [2.24, 2.45) is 23.3 Å². The van der Waals surface area contributed by atoms with Crippen molar-refractivity contribution in [3.8, 4) is 0 Å². The molecule has 0 aliphatic heterocycles. The molecule has 0 radical (unpaired) electrons. The van der Waals surface area contributed by atoms with Crippen molar-refractivity contribution in [1.29, 1.82) is 0 Å². The summed E-state index contributed by atoms with van der Waals surface area (Å²) in [4.78, 5) is 0. The predicted octanol–water partition coefficient (Wildman–Crippen LogP) is 1.70. The molecule has 4 N–H and O–H groups in total. The molecule has 0 heterocycles. The number of halogens is 2. The van der Waals surface area contributed by atoms with E-state index in [0.717, 1.165) is 11.8 Å². The highest BCUT2D eigenvalue weighted by atomic mass is 35.5. The van der Waals surface area contributed by atoms with Gasteiger partial charge in [-0.2, -0.15) is 0 Å². The molecule has 0 aromatic rings. The minimum atomic E-state index is 0. The number of hydrogen-bond acceptors (Lipinski definition) is 2. The van der Waals surface area contributed by atoms with E-state index in [2.05, 4.69) is 0 Å². The first-order valence-corrected chi connectivity index (χ1v) is 4.71. The summed E-state index contributed by atoms with van der Waals surface area (Å²) >= 11 is 0. The van der Waals surface area contributed by atoms with Crippen LogP contribution in [0.3, 0.4) is 0 Å². The first-order valence-electron chi connectivity index (χ1n) is 4.71. The summed E-state index contributed by atoms with van der Waals surface area (Å²) in [5, 5.41) is 0. The maximum absolute atomic E-state index is 6.15. The van der Waals surface area contributed by atoms with E-state index in [-0.39, 0.29) is 30.4 Å². The largest absolute Gasteiger partial charge is 0.329 e. The first-order chi connectivity index (χ1) is 5.22. The lowest BCUT2D eigenvalue weighted by atomic mass is 9.76. The second-order valence-corrected chi connectivity index (χ2v) is 4.52. The van der Waals surface area contributed by atoms with Gasteiger partial charge in [0.2, 0.25) is 0 Å². The van der Waals surface area contributed by atoms with Crippen LogP contribution in [0, 0.1) is 11.8 Å². The predicted molar refractivity (Wildman–Crippen MR) is 60.5 cm³/mol. The molecule has 2 fully saturated rings. The van der Waals surface area contributed by atoms with E-state index in [1.165, 1.54) is 32.1 Å². The minimum Gasteiger partial charge on any atom is -0.329 e. The van der Waals surface area contributed by atoms with Crippen LogP contribution in [0.2, 0.25) is 0 Å². The van der Waals surface area contributed by atoms with E-state index < -0.39 is 0 Å². The maximum atomic E-state index is 6.15. The second-order valence-electron chi connectivity index (χ2n) is 4.52. The van der Waals surface area contributed by atoms with Crippen molar-refractivity contribution in [3.05, 3.63) is 0 Å². The molecule has 13 heavy (non-hydrogen) atoms. The summed E-state index contributed by atoms with van der Waals surface area (Å²) in [5.41, 5.74) is 11.8. The van der Waals surface area contributed by atoms with Crippen molar-refractivity contribution in [2.75, 3.05) is 6.54 Å². The van der Waals surface area contributed by atoms with Gasteiger partial charge in [0.15, 0.2) is 0 Å². The molecule has 1 unspecified atom stereocenters. The molecule has 2 aliphatic rings. The number of hydrogen-bond donors (Lipinski definition) is 2. The van der Waals surface area contributed by atoms with E-state index in [0.29, 0.717) is 6.54 Å². The second kappa shape index (κ2) is 4.83. The summed E-state index contributed by atoms with van der Waals surface area (Å²) in [6, 6.07) is 0. The highest BCUT2D eigenvalue weighted by Crippen LogP contribution is 2.44. The third kappa shape index (κ3) is 2.72. The fraction of sp³-hybridized carbons (Fsp3) is 1.00. The zero-order valence-corrected chi connectivity index (χ0v) is 9.50. The van der Waals surface area contributed by atoms with Crippen molar-refractivity contribution >= 4 is 24.8 Å². The number of nitrogens with two attached hydrogens (primary N) is 2. The molecule has 4 heteroatoms. The molecular formula is C9H20Cl2N2. The van der Waals surface area contributed by atoms with Crippen LogP contribution in [0.5, 0.6) is 0 Å². The van der Waals surface area contributed by atoms with Gasteiger partial charge in [-0.15, -0.1) is 24.8 Å². The Labute approximate surface area is 92.6 Å². The summed E-state index contributed by atoms with van der Waals surface area (Å²) < 4.78 is 0. The Morgan fingerprint density at radius 1 is 1.08 bits per heavy atom. The van der Waals surface area contributed by atoms with Gasteiger partial charge < -0.3 is 11.5 Å². The Bertz CT molecular complexity index is 152. The lowest BCUT2D eigenvalue weighted by molar-refractivity contribution is 0.224. The van der Waals surface area contributed by atoms with Crippen LogP contribution in [-0.4, -0.2) is 12.1 Å². The summed E-state index contributed by atoms with van der Waals surface area (Å²) in [6.45, 7) is 0.681. The van der Waals surface area contributed by atoms with E-state index in [1.807, 2.05) is 0 Å². The Morgan fingerprint density at radius 3 is 1.92 bits per heavy atom. The highest BCUT2D eigenvalue weighted by molar-refractivity contribution is 5.85. The van der Waals surface area contributed by atoms with Crippen molar-refractivity contribution < 1.29 is 0 Å². The molecule has 0 saturated heterocycles. The van der Waals surface area contributed by atoms with Crippen LogP contribution in [-0.2, 0) is 0 Å². The molecule has 2 rings (SSSR count). The average Bonchev–Trinajstić information content (AvgIpc) is 2.31. The standard InChI is InChI=1S/C9H18N2.2ClH/c10-6-9(11)4-7-1-2-8(3-7)5-9;;/h7-8H,1-6,10-11H2;2*1H/t7-,8+,9?;;. The van der Waals surface area contributed by atoms with Gasteiger partial charge in [0.1, 0.15) is 0 Å². The van der Waals surface area contributed by atoms with Crippen LogP contribution >= 0.6 is 24.8 Å². The molecule has 80 valence electrons. The molecule has 0 spiro atoms. The summed E-state index contributed by atoms with van der Waals surface area (Å²) in [7, 11) is 0. The van der Waals surface area contributed by atoms with Crippen LogP contribution in [0.1, 0.15) is 32.1 Å². The van der Waals surface area contributed by atoms with E-state index in [4.69, 9.17) is 11.5 Å². The van der Waals surface area contributed by atoms with Gasteiger partial charge in [0, 0.05) is 12.1 Å². The van der Waals surface area contributed by atoms with Gasteiger partial charge in [-0.1, -0.05) is 12.8 Å². The molecule has 2 bridgehead atoms. The summed E-state index contributed by atoms with van der Waals surface area (Å²) in [6.07, 6.45) is 6.60. The quantitative estimate of drug-likeness (QED) is 0.716. The molecule has 0 amide bonds. The third-order valence-electron chi connectivity index (χ3n) is 3.45. The zero-order chi connectivity index (χ0) is 7.90. The average molecular weight is 227 g/mol. The zero-order valence-electron chi connectivity index (χ0n) is 7.87. The topological polar surface area (TPSA) is 52.0 Å². The summed E-state index contributed by atoms with van der Waals surface area (Å²) in [5.74, 6) is 1.81. The van der Waals surface area contributed by atoms with Gasteiger partial charge in [-0.3, -0.25) is 0 Å². The molecule has 3 atom stereocenters. The highest BCUT2D eigenvalue weighted by Gasteiger charge is 2.40. The Hall–Kier alpha value is 0.500. The van der Waals surface area contributed by atoms with Crippen LogP contribution in [0.4, 0.5) is 0 Å². The van der Waals surface area contributed by atoms with E-state index >= 15 is 0 Å². The lowest BCUT2D eigenvalue weighted by Gasteiger charge is -2.36. The molecule has 2 nitrogen and oxygen atoms in total. The van der Waals surface area contributed by atoms with Gasteiger partial charge in [-0.05, 0) is 31.1 Å². The molecule has 0 aromatic carbocycles. The van der Waals surface area contributed by atoms with E-state index in [9.17, 15) is 0 Å². The SMILES string of the molecule is Cl.Cl.NCC1(N)C[C@@H]2CC[C@@H](C2)C1. The Kier molecular flexibility index (Phi) is 5.02. The van der Waals surface area contributed by atoms with Crippen LogP contribution < -0.4 is 11.5 Å². The van der Waals surface area contributed by atoms with Gasteiger partial charge in [0.05, 0.1) is 0 Å². The van der Waals surface area contributed by atoms with Crippen LogP contribution in [0.25, 0.3) is 0 Å². The fourth-order valence-electron chi connectivity index (χ4n) is 2.95. The van der Waals surface area contributed by atoms with Gasteiger partial charge in [0.25, 0.3) is 0 Å². The monoisotopic (exact) mass is 226 g/mol. The minimum absolute atomic E-state index is 0. The molecular weight excluding hydrogens is 207 g/mol. The normalized spacial score (nSPS) is 42.0. The van der Waals surface area contributed by atoms with Crippen molar-refractivity contribution in [1.82, 2.24) is 0 Å². The third-order valence-corrected chi connectivity index (χ3v) is 3.45. The van der Waals surface area contributed by atoms with Gasteiger partial charge in [-0.25, -0.2) is 0 Å². The van der Waals surface area contributed by atoms with Crippen molar-refractivity contribution in [3.63, 3.8) is 0 Å². The van der Waals surface area contributed by atoms with Crippen LogP contribution in [0.15, 0.2) is 0 Å². The van der Waals surface area contributed by atoms with Gasteiger partial charge >= 0.3 is 0 Å². The Balaban J connectivity index is 0.000000720. The maximum Gasteiger partial charge on any atom is 0.0283 e. The van der Waals surface area contributed by atoms with E-state index in [1.54, 1.807) is 0 Å². The molecule has 2 aliphatic carbocycles. The first kappa shape index (κ1) is 13.5. The number of fused-ring (bicyclic) bond motifs is 2. The smallest absolute Gasteiger partial charge is 0.0283 e. The number of rotatable bonds is 1. The Morgan fingerprint density at radius 2 is 1.54 bits per heavy atom. The van der Waals surface area contributed by atoms with Crippen molar-refractivity contribution in [2.45, 2.75) is 37.6 Å². The fourth-order valence-corrected chi connectivity index (χ4v) is 2.95. The molecule has 0 aromatic heterocycles.